The Morgan fingerprint density at radius 3 is 2.48 bits per heavy atom. The first-order valence-corrected chi connectivity index (χ1v) is 7.25. The van der Waals surface area contributed by atoms with Gasteiger partial charge in [-0.2, -0.15) is 5.26 Å². The number of benzene rings is 1. The van der Waals surface area contributed by atoms with Gasteiger partial charge in [0.25, 0.3) is 5.91 Å². The smallest absolute Gasteiger partial charge is 0.274 e. The molecule has 1 heterocycles. The van der Waals surface area contributed by atoms with Gasteiger partial charge in [0.2, 0.25) is 0 Å². The van der Waals surface area contributed by atoms with Crippen LogP contribution < -0.4 is 10.1 Å². The fourth-order valence-corrected chi connectivity index (χ4v) is 2.46. The number of hydrogen-bond donors (Lipinski definition) is 1. The van der Waals surface area contributed by atoms with Gasteiger partial charge in [-0.3, -0.25) is 4.79 Å². The van der Waals surface area contributed by atoms with E-state index in [0.29, 0.717) is 17.9 Å². The van der Waals surface area contributed by atoms with E-state index in [-0.39, 0.29) is 11.6 Å². The Balaban J connectivity index is 2.19. The Morgan fingerprint density at radius 2 is 1.91 bits per heavy atom. The number of methoxy groups -OCH3 is 1. The highest BCUT2D eigenvalue weighted by Gasteiger charge is 2.15. The Labute approximate surface area is 135 Å². The molecule has 0 saturated heterocycles. The minimum absolute atomic E-state index is 0.266. The number of aromatic nitrogens is 1. The molecule has 2 aromatic rings. The molecule has 0 aliphatic carbocycles. The predicted octanol–water partition coefficient (Wildman–Crippen LogP) is 2.82. The lowest BCUT2D eigenvalue weighted by Crippen LogP contribution is -2.25. The minimum Gasteiger partial charge on any atom is -0.494 e. The van der Waals surface area contributed by atoms with Crippen molar-refractivity contribution in [2.24, 2.45) is 0 Å². The standard InChI is InChI=1S/C18H19N3O2/c1-11-5-16(23-4)17(20-9-11)18(22)21-10-15-12(2)6-14(8-19)7-13(15)3/h5-7,9H,10H2,1-4H3,(H,21,22). The number of nitrogens with one attached hydrogen (secondary N) is 1. The van der Waals surface area contributed by atoms with E-state index >= 15 is 0 Å². The Morgan fingerprint density at radius 1 is 1.26 bits per heavy atom. The number of nitriles is 1. The molecule has 0 unspecified atom stereocenters. The van der Waals surface area contributed by atoms with Crippen LogP contribution in [0.25, 0.3) is 0 Å². The summed E-state index contributed by atoms with van der Waals surface area (Å²) in [6, 6.07) is 7.55. The van der Waals surface area contributed by atoms with E-state index in [1.165, 1.54) is 7.11 Å². The first-order chi connectivity index (χ1) is 11.0. The predicted molar refractivity (Wildman–Crippen MR) is 87.3 cm³/mol. The van der Waals surface area contributed by atoms with Gasteiger partial charge in [-0.05, 0) is 61.2 Å². The molecule has 1 N–H and O–H groups in total. The number of ether oxygens (including phenoxy) is 1. The molecule has 5 heteroatoms. The van der Waals surface area contributed by atoms with Gasteiger partial charge in [0.05, 0.1) is 18.7 Å². The Kier molecular flexibility index (Phi) is 4.97. The third-order valence-electron chi connectivity index (χ3n) is 3.68. The number of hydrogen-bond acceptors (Lipinski definition) is 4. The molecule has 5 nitrogen and oxygen atoms in total. The van der Waals surface area contributed by atoms with E-state index in [2.05, 4.69) is 16.4 Å². The minimum atomic E-state index is -0.287. The molecule has 0 fully saturated rings. The lowest BCUT2D eigenvalue weighted by atomic mass is 9.99. The number of carbonyl (C=O) groups excluding carboxylic acids is 1. The lowest BCUT2D eigenvalue weighted by molar-refractivity contribution is 0.0942. The first kappa shape index (κ1) is 16.5. The SMILES string of the molecule is COc1cc(C)cnc1C(=O)NCc1c(C)cc(C#N)cc1C. The van der Waals surface area contributed by atoms with E-state index in [4.69, 9.17) is 10.00 Å². The van der Waals surface area contributed by atoms with Crippen LogP contribution in [0.5, 0.6) is 5.75 Å². The van der Waals surface area contributed by atoms with Crippen molar-refractivity contribution >= 4 is 5.91 Å². The molecule has 118 valence electrons. The van der Waals surface area contributed by atoms with E-state index < -0.39 is 0 Å². The molecule has 23 heavy (non-hydrogen) atoms. The van der Waals surface area contributed by atoms with Crippen molar-refractivity contribution in [3.63, 3.8) is 0 Å². The Bertz CT molecular complexity index is 768. The van der Waals surface area contributed by atoms with Crippen LogP contribution in [-0.2, 0) is 6.54 Å². The molecule has 1 aromatic carbocycles. The van der Waals surface area contributed by atoms with Gasteiger partial charge in [0.15, 0.2) is 5.69 Å². The fourth-order valence-electron chi connectivity index (χ4n) is 2.46. The van der Waals surface area contributed by atoms with Gasteiger partial charge in [-0.25, -0.2) is 4.98 Å². The summed E-state index contributed by atoms with van der Waals surface area (Å²) < 4.78 is 5.22. The molecule has 1 aromatic heterocycles. The third kappa shape index (κ3) is 3.67. The number of pyridine rings is 1. The van der Waals surface area contributed by atoms with Crippen LogP contribution >= 0.6 is 0 Å². The average molecular weight is 309 g/mol. The second kappa shape index (κ2) is 6.93. The highest BCUT2D eigenvalue weighted by Crippen LogP contribution is 2.19. The summed E-state index contributed by atoms with van der Waals surface area (Å²) in [6.45, 7) is 6.13. The third-order valence-corrected chi connectivity index (χ3v) is 3.68. The second-order valence-corrected chi connectivity index (χ2v) is 5.45. The lowest BCUT2D eigenvalue weighted by Gasteiger charge is -2.13. The van der Waals surface area contributed by atoms with Crippen LogP contribution in [0.1, 0.15) is 38.3 Å². The molecule has 0 atom stereocenters. The summed E-state index contributed by atoms with van der Waals surface area (Å²) in [7, 11) is 1.52. The normalized spacial score (nSPS) is 10.0. The monoisotopic (exact) mass is 309 g/mol. The van der Waals surface area contributed by atoms with E-state index in [9.17, 15) is 4.79 Å². The average Bonchev–Trinajstić information content (AvgIpc) is 2.53. The summed E-state index contributed by atoms with van der Waals surface area (Å²) in [5, 5.41) is 11.8. The van der Waals surface area contributed by atoms with Gasteiger partial charge < -0.3 is 10.1 Å². The molecule has 1 amide bonds. The summed E-state index contributed by atoms with van der Waals surface area (Å²) >= 11 is 0. The van der Waals surface area contributed by atoms with Gasteiger partial charge in [0, 0.05) is 12.7 Å². The van der Waals surface area contributed by atoms with Crippen LogP contribution in [0.4, 0.5) is 0 Å². The largest absolute Gasteiger partial charge is 0.494 e. The summed E-state index contributed by atoms with van der Waals surface area (Å²) in [5.41, 5.74) is 4.77. The van der Waals surface area contributed by atoms with Crippen molar-refractivity contribution in [2.45, 2.75) is 27.3 Å². The van der Waals surface area contributed by atoms with Crippen molar-refractivity contribution < 1.29 is 9.53 Å². The number of amides is 1. The molecule has 0 aliphatic rings. The molecule has 0 aliphatic heterocycles. The summed E-state index contributed by atoms with van der Waals surface area (Å²) in [4.78, 5) is 16.5. The highest BCUT2D eigenvalue weighted by atomic mass is 16.5. The van der Waals surface area contributed by atoms with Crippen molar-refractivity contribution in [1.29, 1.82) is 5.26 Å². The molecule has 0 bridgehead atoms. The summed E-state index contributed by atoms with van der Waals surface area (Å²) in [6.07, 6.45) is 1.63. The van der Waals surface area contributed by atoms with Crippen LogP contribution in [0.15, 0.2) is 24.4 Å². The van der Waals surface area contributed by atoms with Gasteiger partial charge >= 0.3 is 0 Å². The van der Waals surface area contributed by atoms with Crippen molar-refractivity contribution in [3.05, 3.63) is 57.9 Å². The maximum atomic E-state index is 12.3. The zero-order valence-corrected chi connectivity index (χ0v) is 13.7. The zero-order chi connectivity index (χ0) is 17.0. The molecule has 0 saturated carbocycles. The molecule has 0 spiro atoms. The van der Waals surface area contributed by atoms with Crippen LogP contribution in [0.3, 0.4) is 0 Å². The van der Waals surface area contributed by atoms with Crippen LogP contribution in [0.2, 0.25) is 0 Å². The maximum Gasteiger partial charge on any atom is 0.274 e. The molecule has 0 radical (unpaired) electrons. The van der Waals surface area contributed by atoms with Gasteiger partial charge in [0.1, 0.15) is 5.75 Å². The topological polar surface area (TPSA) is 75.0 Å². The van der Waals surface area contributed by atoms with E-state index in [1.807, 2.05) is 32.9 Å². The number of nitrogens with zero attached hydrogens (tertiary/aromatic N) is 2. The molecule has 2 rings (SSSR count). The van der Waals surface area contributed by atoms with Gasteiger partial charge in [-0.1, -0.05) is 0 Å². The van der Waals surface area contributed by atoms with Crippen molar-refractivity contribution in [2.75, 3.05) is 7.11 Å². The second-order valence-electron chi connectivity index (χ2n) is 5.45. The van der Waals surface area contributed by atoms with Gasteiger partial charge in [-0.15, -0.1) is 0 Å². The van der Waals surface area contributed by atoms with Crippen molar-refractivity contribution in [3.8, 4) is 11.8 Å². The van der Waals surface area contributed by atoms with Crippen LogP contribution in [-0.4, -0.2) is 18.0 Å². The van der Waals surface area contributed by atoms with Crippen molar-refractivity contribution in [1.82, 2.24) is 10.3 Å². The number of aryl methyl sites for hydroxylation is 3. The first-order valence-electron chi connectivity index (χ1n) is 7.25. The van der Waals surface area contributed by atoms with E-state index in [1.54, 1.807) is 12.3 Å². The fraction of sp³-hybridized carbons (Fsp3) is 0.278. The van der Waals surface area contributed by atoms with Crippen LogP contribution in [0, 0.1) is 32.1 Å². The highest BCUT2D eigenvalue weighted by molar-refractivity contribution is 5.94. The maximum absolute atomic E-state index is 12.3. The Hall–Kier alpha value is -2.87. The number of carbonyl (C=O) groups is 1. The van der Waals surface area contributed by atoms with E-state index in [0.717, 1.165) is 22.3 Å². The molecular formula is C18H19N3O2. The molecular weight excluding hydrogens is 290 g/mol. The number of rotatable bonds is 4. The quantitative estimate of drug-likeness (QED) is 0.942. The zero-order valence-electron chi connectivity index (χ0n) is 13.7. The summed E-state index contributed by atoms with van der Waals surface area (Å²) in [5.74, 6) is 0.167.